The number of carbonyl (C=O) groups excluding carboxylic acids is 1. The lowest BCUT2D eigenvalue weighted by molar-refractivity contribution is 0.102. The molecule has 6 heteroatoms. The van der Waals surface area contributed by atoms with E-state index < -0.39 is 0 Å². The van der Waals surface area contributed by atoms with Crippen molar-refractivity contribution >= 4 is 39.1 Å². The molecule has 0 aliphatic carbocycles. The second-order valence-corrected chi connectivity index (χ2v) is 5.99. The number of halogens is 2. The molecule has 22 heavy (non-hydrogen) atoms. The Labute approximate surface area is 140 Å². The minimum atomic E-state index is -0.247. The van der Waals surface area contributed by atoms with Crippen molar-refractivity contribution in [2.45, 2.75) is 0 Å². The standard InChI is InChI=1S/C16H11BrClN3O/c17-11-4-6-13(7-5-11)19-16(22)15-9-14(20-21-15)10-2-1-3-12(18)8-10/h1-9H,(H,19,22)(H,20,21). The third-order valence-electron chi connectivity index (χ3n) is 3.04. The van der Waals surface area contributed by atoms with E-state index in [4.69, 9.17) is 11.6 Å². The topological polar surface area (TPSA) is 57.8 Å². The van der Waals surface area contributed by atoms with Crippen molar-refractivity contribution in [3.63, 3.8) is 0 Å². The molecular formula is C16H11BrClN3O. The van der Waals surface area contributed by atoms with Crippen molar-refractivity contribution < 1.29 is 4.79 Å². The van der Waals surface area contributed by atoms with Crippen molar-refractivity contribution in [1.29, 1.82) is 0 Å². The van der Waals surface area contributed by atoms with Gasteiger partial charge in [-0.1, -0.05) is 39.7 Å². The number of benzene rings is 2. The van der Waals surface area contributed by atoms with Crippen LogP contribution in [0.5, 0.6) is 0 Å². The van der Waals surface area contributed by atoms with Crippen LogP contribution < -0.4 is 5.32 Å². The molecule has 0 aliphatic rings. The van der Waals surface area contributed by atoms with E-state index in [1.165, 1.54) is 0 Å². The fourth-order valence-electron chi connectivity index (χ4n) is 1.97. The highest BCUT2D eigenvalue weighted by Crippen LogP contribution is 2.22. The van der Waals surface area contributed by atoms with Gasteiger partial charge in [-0.05, 0) is 42.5 Å². The van der Waals surface area contributed by atoms with Gasteiger partial charge in [-0.15, -0.1) is 0 Å². The number of aromatic nitrogens is 2. The summed E-state index contributed by atoms with van der Waals surface area (Å²) in [5.41, 5.74) is 2.62. The van der Waals surface area contributed by atoms with Crippen LogP contribution in [0.25, 0.3) is 11.3 Å². The van der Waals surface area contributed by atoms with Gasteiger partial charge in [0.1, 0.15) is 5.69 Å². The SMILES string of the molecule is O=C(Nc1ccc(Br)cc1)c1cc(-c2cccc(Cl)c2)n[nH]1. The van der Waals surface area contributed by atoms with Gasteiger partial charge >= 0.3 is 0 Å². The summed E-state index contributed by atoms with van der Waals surface area (Å²) in [5.74, 6) is -0.247. The van der Waals surface area contributed by atoms with E-state index in [1.54, 1.807) is 18.2 Å². The van der Waals surface area contributed by atoms with E-state index >= 15 is 0 Å². The van der Waals surface area contributed by atoms with Gasteiger partial charge in [-0.25, -0.2) is 0 Å². The molecule has 2 aromatic carbocycles. The van der Waals surface area contributed by atoms with Crippen LogP contribution in [0.4, 0.5) is 5.69 Å². The molecule has 0 unspecified atom stereocenters. The Hall–Kier alpha value is -2.11. The van der Waals surface area contributed by atoms with Crippen molar-refractivity contribution in [3.05, 3.63) is 69.8 Å². The van der Waals surface area contributed by atoms with Crippen molar-refractivity contribution in [2.24, 2.45) is 0 Å². The molecule has 0 fully saturated rings. The van der Waals surface area contributed by atoms with Gasteiger partial charge in [-0.3, -0.25) is 9.89 Å². The molecule has 0 radical (unpaired) electrons. The number of anilines is 1. The number of amides is 1. The second-order valence-electron chi connectivity index (χ2n) is 4.64. The van der Waals surface area contributed by atoms with E-state index in [0.717, 1.165) is 10.0 Å². The molecular weight excluding hydrogens is 366 g/mol. The van der Waals surface area contributed by atoms with Crippen molar-refractivity contribution in [3.8, 4) is 11.3 Å². The van der Waals surface area contributed by atoms with Gasteiger partial charge in [0.2, 0.25) is 0 Å². The monoisotopic (exact) mass is 375 g/mol. The third-order valence-corrected chi connectivity index (χ3v) is 3.81. The molecule has 0 saturated carbocycles. The van der Waals surface area contributed by atoms with Crippen LogP contribution >= 0.6 is 27.5 Å². The summed E-state index contributed by atoms with van der Waals surface area (Å²) in [7, 11) is 0. The first-order valence-corrected chi connectivity index (χ1v) is 7.67. The number of nitrogens with one attached hydrogen (secondary N) is 2. The number of hydrogen-bond donors (Lipinski definition) is 2. The largest absolute Gasteiger partial charge is 0.321 e. The van der Waals surface area contributed by atoms with Gasteiger partial charge in [0.15, 0.2) is 0 Å². The summed E-state index contributed by atoms with van der Waals surface area (Å²) in [6.45, 7) is 0. The molecule has 110 valence electrons. The van der Waals surface area contributed by atoms with Crippen molar-refractivity contribution in [1.82, 2.24) is 10.2 Å². The summed E-state index contributed by atoms with van der Waals surface area (Å²) < 4.78 is 0.954. The zero-order chi connectivity index (χ0) is 15.5. The van der Waals surface area contributed by atoms with Crippen LogP contribution in [0.1, 0.15) is 10.5 Å². The first-order chi connectivity index (χ1) is 10.6. The lowest BCUT2D eigenvalue weighted by atomic mass is 10.1. The van der Waals surface area contributed by atoms with Gasteiger partial charge < -0.3 is 5.32 Å². The maximum Gasteiger partial charge on any atom is 0.273 e. The molecule has 1 amide bonds. The van der Waals surface area contributed by atoms with E-state index in [9.17, 15) is 4.79 Å². The Morgan fingerprint density at radius 3 is 2.64 bits per heavy atom. The Morgan fingerprint density at radius 1 is 1.14 bits per heavy atom. The molecule has 2 N–H and O–H groups in total. The molecule has 3 aromatic rings. The van der Waals surface area contributed by atoms with E-state index in [0.29, 0.717) is 22.1 Å². The molecule has 1 heterocycles. The van der Waals surface area contributed by atoms with Crippen LogP contribution in [0, 0.1) is 0 Å². The highest BCUT2D eigenvalue weighted by Gasteiger charge is 2.11. The van der Waals surface area contributed by atoms with Gasteiger partial charge in [0.25, 0.3) is 5.91 Å². The Kier molecular flexibility index (Phi) is 4.27. The predicted molar refractivity (Wildman–Crippen MR) is 91.1 cm³/mol. The van der Waals surface area contributed by atoms with Gasteiger partial charge in [0.05, 0.1) is 5.69 Å². The lowest BCUT2D eigenvalue weighted by Gasteiger charge is -2.02. The van der Waals surface area contributed by atoms with Crippen LogP contribution in [0.15, 0.2) is 59.1 Å². The molecule has 0 atom stereocenters. The highest BCUT2D eigenvalue weighted by molar-refractivity contribution is 9.10. The summed E-state index contributed by atoms with van der Waals surface area (Å²) >= 11 is 9.31. The van der Waals surface area contributed by atoms with Gasteiger partial charge in [-0.2, -0.15) is 5.10 Å². The normalized spacial score (nSPS) is 10.5. The number of carbonyl (C=O) groups is 1. The Morgan fingerprint density at radius 2 is 1.91 bits per heavy atom. The first-order valence-electron chi connectivity index (χ1n) is 6.50. The predicted octanol–water partition coefficient (Wildman–Crippen LogP) is 4.74. The summed E-state index contributed by atoms with van der Waals surface area (Å²) in [4.78, 5) is 12.2. The molecule has 1 aromatic heterocycles. The number of hydrogen-bond acceptors (Lipinski definition) is 2. The zero-order valence-corrected chi connectivity index (χ0v) is 13.6. The van der Waals surface area contributed by atoms with Crippen LogP contribution in [-0.4, -0.2) is 16.1 Å². The summed E-state index contributed by atoms with van der Waals surface area (Å²) in [6.07, 6.45) is 0. The first kappa shape index (κ1) is 14.8. The summed E-state index contributed by atoms with van der Waals surface area (Å²) in [5, 5.41) is 10.3. The van der Waals surface area contributed by atoms with Crippen LogP contribution in [0.3, 0.4) is 0 Å². The zero-order valence-electron chi connectivity index (χ0n) is 11.3. The van der Waals surface area contributed by atoms with Gasteiger partial charge in [0, 0.05) is 20.7 Å². The minimum absolute atomic E-state index is 0.247. The Balaban J connectivity index is 1.78. The Bertz CT molecular complexity index is 814. The number of nitrogens with zero attached hydrogens (tertiary/aromatic N) is 1. The van der Waals surface area contributed by atoms with Crippen LogP contribution in [-0.2, 0) is 0 Å². The maximum atomic E-state index is 12.2. The number of H-pyrrole nitrogens is 1. The van der Waals surface area contributed by atoms with E-state index in [-0.39, 0.29) is 5.91 Å². The lowest BCUT2D eigenvalue weighted by Crippen LogP contribution is -2.12. The van der Waals surface area contributed by atoms with E-state index in [1.807, 2.05) is 36.4 Å². The van der Waals surface area contributed by atoms with Crippen molar-refractivity contribution in [2.75, 3.05) is 5.32 Å². The molecule has 3 rings (SSSR count). The minimum Gasteiger partial charge on any atom is -0.321 e. The highest BCUT2D eigenvalue weighted by atomic mass is 79.9. The average molecular weight is 377 g/mol. The molecule has 0 bridgehead atoms. The fraction of sp³-hybridized carbons (Fsp3) is 0. The quantitative estimate of drug-likeness (QED) is 0.693. The molecule has 4 nitrogen and oxygen atoms in total. The number of rotatable bonds is 3. The number of aromatic amines is 1. The third kappa shape index (κ3) is 3.37. The molecule has 0 aliphatic heterocycles. The smallest absolute Gasteiger partial charge is 0.273 e. The van der Waals surface area contributed by atoms with Crippen LogP contribution in [0.2, 0.25) is 5.02 Å². The summed E-state index contributed by atoms with van der Waals surface area (Å²) in [6, 6.07) is 16.4. The molecule has 0 spiro atoms. The maximum absolute atomic E-state index is 12.2. The average Bonchev–Trinajstić information content (AvgIpc) is 3.00. The van der Waals surface area contributed by atoms with E-state index in [2.05, 4.69) is 31.4 Å². The fourth-order valence-corrected chi connectivity index (χ4v) is 2.42. The molecule has 0 saturated heterocycles. The second kappa shape index (κ2) is 6.34.